The van der Waals surface area contributed by atoms with Crippen molar-refractivity contribution in [3.05, 3.63) is 65.4 Å². The number of fused-ring (bicyclic) bond motifs is 2. The molecule has 2 heterocycles. The van der Waals surface area contributed by atoms with Crippen LogP contribution in [0, 0.1) is 0 Å². The quantitative estimate of drug-likeness (QED) is 0.655. The third-order valence-corrected chi connectivity index (χ3v) is 5.53. The highest BCUT2D eigenvalue weighted by Gasteiger charge is 2.30. The summed E-state index contributed by atoms with van der Waals surface area (Å²) >= 11 is 0. The van der Waals surface area contributed by atoms with Crippen LogP contribution in [0.4, 0.5) is 5.69 Å². The van der Waals surface area contributed by atoms with Crippen molar-refractivity contribution in [2.75, 3.05) is 11.4 Å². The van der Waals surface area contributed by atoms with Crippen molar-refractivity contribution in [1.82, 2.24) is 5.16 Å². The Hall–Kier alpha value is -3.08. The van der Waals surface area contributed by atoms with Crippen LogP contribution in [0.15, 0.2) is 53.1 Å². The van der Waals surface area contributed by atoms with Crippen LogP contribution in [0.3, 0.4) is 0 Å². The number of aromatic nitrogens is 1. The van der Waals surface area contributed by atoms with Gasteiger partial charge in [0.15, 0.2) is 11.5 Å². The molecule has 2 aliphatic rings. The molecule has 0 radical (unpaired) electrons. The molecular weight excluding hydrogens is 352 g/mol. The normalized spacial score (nSPS) is 18.2. The van der Waals surface area contributed by atoms with Gasteiger partial charge < -0.3 is 9.26 Å². The molecule has 1 aliphatic heterocycles. The van der Waals surface area contributed by atoms with Gasteiger partial charge in [0.05, 0.1) is 12.2 Å². The molecular formula is C23H22N2O3. The lowest BCUT2D eigenvalue weighted by atomic mass is 9.90. The molecule has 1 atom stereocenters. The summed E-state index contributed by atoms with van der Waals surface area (Å²) in [5, 5.41) is 4.07. The molecule has 28 heavy (non-hydrogen) atoms. The Balaban J connectivity index is 1.44. The van der Waals surface area contributed by atoms with E-state index in [1.165, 1.54) is 24.0 Å². The Labute approximate surface area is 163 Å². The summed E-state index contributed by atoms with van der Waals surface area (Å²) in [5.41, 5.74) is 4.86. The average molecular weight is 374 g/mol. The molecule has 0 saturated heterocycles. The monoisotopic (exact) mass is 374 g/mol. The van der Waals surface area contributed by atoms with Crippen LogP contribution in [0.25, 0.3) is 11.3 Å². The summed E-state index contributed by atoms with van der Waals surface area (Å²) < 4.78 is 11.4. The average Bonchev–Trinajstić information content (AvgIpc) is 3.22. The molecule has 5 heteroatoms. The van der Waals surface area contributed by atoms with Gasteiger partial charge in [-0.25, -0.2) is 0 Å². The third kappa shape index (κ3) is 2.97. The van der Waals surface area contributed by atoms with E-state index in [9.17, 15) is 4.79 Å². The molecule has 1 amide bonds. The number of carbonyl (C=O) groups excluding carboxylic acids is 1. The third-order valence-electron chi connectivity index (χ3n) is 5.53. The predicted molar refractivity (Wildman–Crippen MR) is 107 cm³/mol. The summed E-state index contributed by atoms with van der Waals surface area (Å²) in [6.07, 6.45) is 4.65. The molecule has 142 valence electrons. The number of hydrogen-bond acceptors (Lipinski definition) is 4. The van der Waals surface area contributed by atoms with Crippen LogP contribution in [0.2, 0.25) is 0 Å². The smallest absolute Gasteiger partial charge is 0.280 e. The number of benzene rings is 2. The van der Waals surface area contributed by atoms with E-state index in [1.54, 1.807) is 11.0 Å². The van der Waals surface area contributed by atoms with Gasteiger partial charge in [-0.3, -0.25) is 9.69 Å². The van der Waals surface area contributed by atoms with Crippen molar-refractivity contribution in [2.24, 2.45) is 0 Å². The topological polar surface area (TPSA) is 55.6 Å². The SMILES string of the molecule is C[C@H]1CN(C(=O)c2cc(-c3ccc4c(c3)CCCC4)on2)c2ccccc2O1. The number of ether oxygens (including phenoxy) is 1. The molecule has 5 rings (SSSR count). The van der Waals surface area contributed by atoms with E-state index in [0.717, 1.165) is 24.1 Å². The maximum atomic E-state index is 13.1. The van der Waals surface area contributed by atoms with E-state index in [4.69, 9.17) is 9.26 Å². The number of amides is 1. The fourth-order valence-corrected chi connectivity index (χ4v) is 4.12. The molecule has 0 saturated carbocycles. The first kappa shape index (κ1) is 17.0. The first-order chi connectivity index (χ1) is 13.7. The zero-order valence-corrected chi connectivity index (χ0v) is 15.9. The highest BCUT2D eigenvalue weighted by Crippen LogP contribution is 2.34. The number of anilines is 1. The number of para-hydroxylation sites is 2. The van der Waals surface area contributed by atoms with Gasteiger partial charge in [-0.05, 0) is 61.9 Å². The van der Waals surface area contributed by atoms with E-state index >= 15 is 0 Å². The number of aryl methyl sites for hydroxylation is 2. The Kier molecular flexibility index (Phi) is 4.15. The fourth-order valence-electron chi connectivity index (χ4n) is 4.12. The number of rotatable bonds is 2. The number of hydrogen-bond donors (Lipinski definition) is 0. The lowest BCUT2D eigenvalue weighted by Gasteiger charge is -2.32. The molecule has 0 N–H and O–H groups in total. The second kappa shape index (κ2) is 6.82. The summed E-state index contributed by atoms with van der Waals surface area (Å²) in [5.74, 6) is 1.18. The van der Waals surface area contributed by atoms with Crippen LogP contribution >= 0.6 is 0 Å². The minimum absolute atomic E-state index is 0.0779. The first-order valence-electron chi connectivity index (χ1n) is 9.85. The molecule has 2 aromatic carbocycles. The fraction of sp³-hybridized carbons (Fsp3) is 0.304. The van der Waals surface area contributed by atoms with E-state index < -0.39 is 0 Å². The molecule has 0 unspecified atom stereocenters. The largest absolute Gasteiger partial charge is 0.487 e. The van der Waals surface area contributed by atoms with Crippen LogP contribution < -0.4 is 9.64 Å². The lowest BCUT2D eigenvalue weighted by molar-refractivity contribution is 0.0952. The van der Waals surface area contributed by atoms with Crippen molar-refractivity contribution < 1.29 is 14.1 Å². The van der Waals surface area contributed by atoms with Gasteiger partial charge >= 0.3 is 0 Å². The van der Waals surface area contributed by atoms with Crippen molar-refractivity contribution >= 4 is 11.6 Å². The van der Waals surface area contributed by atoms with Gasteiger partial charge in [0.25, 0.3) is 5.91 Å². The minimum Gasteiger partial charge on any atom is -0.487 e. The van der Waals surface area contributed by atoms with Crippen LogP contribution in [-0.2, 0) is 12.8 Å². The second-order valence-corrected chi connectivity index (χ2v) is 7.58. The Morgan fingerprint density at radius 2 is 1.89 bits per heavy atom. The van der Waals surface area contributed by atoms with Crippen LogP contribution in [0.1, 0.15) is 41.4 Å². The lowest BCUT2D eigenvalue weighted by Crippen LogP contribution is -2.42. The Bertz CT molecular complexity index is 1040. The summed E-state index contributed by atoms with van der Waals surface area (Å²) in [7, 11) is 0. The van der Waals surface area contributed by atoms with Gasteiger partial charge in [0.2, 0.25) is 0 Å². The summed E-state index contributed by atoms with van der Waals surface area (Å²) in [4.78, 5) is 14.9. The molecule has 1 aromatic heterocycles. The van der Waals surface area contributed by atoms with Gasteiger partial charge in [0, 0.05) is 11.6 Å². The van der Waals surface area contributed by atoms with E-state index in [1.807, 2.05) is 31.2 Å². The van der Waals surface area contributed by atoms with Gasteiger partial charge in [0.1, 0.15) is 11.9 Å². The number of nitrogens with zero attached hydrogens (tertiary/aromatic N) is 2. The van der Waals surface area contributed by atoms with E-state index in [2.05, 4.69) is 23.4 Å². The zero-order valence-electron chi connectivity index (χ0n) is 15.9. The second-order valence-electron chi connectivity index (χ2n) is 7.58. The van der Waals surface area contributed by atoms with Gasteiger partial charge in [-0.1, -0.05) is 29.4 Å². The molecule has 3 aromatic rings. The Morgan fingerprint density at radius 1 is 1.07 bits per heavy atom. The number of carbonyl (C=O) groups is 1. The van der Waals surface area contributed by atoms with E-state index in [-0.39, 0.29) is 12.0 Å². The summed E-state index contributed by atoms with van der Waals surface area (Å²) in [6.45, 7) is 2.44. The minimum atomic E-state index is -0.171. The standard InChI is InChI=1S/C23H22N2O3/c1-15-14-25(20-8-4-5-9-21(20)27-15)23(26)19-13-22(28-24-19)18-11-10-16-6-2-3-7-17(16)12-18/h4-5,8-13,15H,2-3,6-7,14H2,1H3/t15-/m0/s1. The maximum absolute atomic E-state index is 13.1. The van der Waals surface area contributed by atoms with Gasteiger partial charge in [-0.2, -0.15) is 0 Å². The van der Waals surface area contributed by atoms with Gasteiger partial charge in [-0.15, -0.1) is 0 Å². The van der Waals surface area contributed by atoms with Crippen molar-refractivity contribution in [1.29, 1.82) is 0 Å². The molecule has 0 bridgehead atoms. The zero-order chi connectivity index (χ0) is 19.1. The maximum Gasteiger partial charge on any atom is 0.280 e. The molecule has 0 spiro atoms. The molecule has 0 fully saturated rings. The Morgan fingerprint density at radius 3 is 2.79 bits per heavy atom. The van der Waals surface area contributed by atoms with E-state index in [0.29, 0.717) is 23.7 Å². The van der Waals surface area contributed by atoms with Crippen LogP contribution in [-0.4, -0.2) is 23.7 Å². The highest BCUT2D eigenvalue weighted by atomic mass is 16.5. The van der Waals surface area contributed by atoms with Crippen molar-refractivity contribution in [2.45, 2.75) is 38.7 Å². The van der Waals surface area contributed by atoms with Crippen molar-refractivity contribution in [3.63, 3.8) is 0 Å². The first-order valence-corrected chi connectivity index (χ1v) is 9.85. The van der Waals surface area contributed by atoms with Crippen LogP contribution in [0.5, 0.6) is 5.75 Å². The predicted octanol–water partition coefficient (Wildman–Crippen LogP) is 4.65. The summed E-state index contributed by atoms with van der Waals surface area (Å²) in [6, 6.07) is 15.7. The molecule has 1 aliphatic carbocycles. The van der Waals surface area contributed by atoms with Crippen molar-refractivity contribution in [3.8, 4) is 17.1 Å². The molecule has 5 nitrogen and oxygen atoms in total. The highest BCUT2D eigenvalue weighted by molar-refractivity contribution is 6.06.